The normalized spacial score (nSPS) is 13.9. The number of hydrogen-bond donors (Lipinski definition) is 2. The number of rotatable bonds is 39. The molecule has 9 heteroatoms. The molecule has 0 bridgehead atoms. The summed E-state index contributed by atoms with van der Waals surface area (Å²) < 4.78 is 33.1. The average Bonchev–Trinajstić information content (AvgIpc) is 3.10. The Kier molecular flexibility index (Phi) is 37.9. The van der Waals surface area contributed by atoms with E-state index in [0.717, 1.165) is 57.8 Å². The Morgan fingerprint density at radius 2 is 1.06 bits per heavy atom. The van der Waals surface area contributed by atoms with Gasteiger partial charge in [0.15, 0.2) is 0 Å². The number of carbonyl (C=O) groups is 1. The van der Waals surface area contributed by atoms with Gasteiger partial charge >= 0.3 is 13.8 Å². The van der Waals surface area contributed by atoms with E-state index in [4.69, 9.17) is 24.3 Å². The van der Waals surface area contributed by atoms with Crippen molar-refractivity contribution in [2.45, 2.75) is 187 Å². The van der Waals surface area contributed by atoms with E-state index in [1.54, 1.807) is 0 Å². The van der Waals surface area contributed by atoms with E-state index in [1.165, 1.54) is 103 Å². The first-order valence-electron chi connectivity index (χ1n) is 20.5. The molecule has 0 saturated heterocycles. The van der Waals surface area contributed by atoms with E-state index >= 15 is 0 Å². The fourth-order valence-corrected chi connectivity index (χ4v) is 6.30. The van der Waals surface area contributed by atoms with E-state index < -0.39 is 13.9 Å². The molecule has 0 spiro atoms. The van der Waals surface area contributed by atoms with Crippen LogP contribution in [0.1, 0.15) is 181 Å². The third-order valence-corrected chi connectivity index (χ3v) is 9.54. The number of carbonyl (C=O) groups excluding carboxylic acids is 1. The number of ether oxygens (including phenoxy) is 2. The summed E-state index contributed by atoms with van der Waals surface area (Å²) in [6.45, 7) is 4.81. The van der Waals surface area contributed by atoms with Crippen LogP contribution in [0.15, 0.2) is 36.5 Å². The highest BCUT2D eigenvalue weighted by Crippen LogP contribution is 2.43. The number of phosphoric ester groups is 1. The second-order valence-electron chi connectivity index (χ2n) is 13.5. The second-order valence-corrected chi connectivity index (χ2v) is 15.0. The Bertz CT molecular complexity index is 864. The minimum absolute atomic E-state index is 0.0959. The lowest BCUT2D eigenvalue weighted by molar-refractivity contribution is -0.154. The molecule has 0 fully saturated rings. The molecular weight excluding hydrogens is 649 g/mol. The molecule has 0 aliphatic heterocycles. The number of hydrogen-bond acceptors (Lipinski definition) is 7. The zero-order valence-corrected chi connectivity index (χ0v) is 33.3. The van der Waals surface area contributed by atoms with Gasteiger partial charge in [-0.3, -0.25) is 13.8 Å². The van der Waals surface area contributed by atoms with Gasteiger partial charge in [0.2, 0.25) is 0 Å². The molecule has 2 unspecified atom stereocenters. The SMILES string of the molecule is CCCCCCC/C=C\C/C=C\C/C=C\CCCCCCCCCCCCCOCC(COP(=O)(O)OCCN)OC(=O)CCCCCCC. The van der Waals surface area contributed by atoms with Gasteiger partial charge in [-0.1, -0.05) is 159 Å². The van der Waals surface area contributed by atoms with Gasteiger partial charge in [0.25, 0.3) is 0 Å². The Labute approximate surface area is 308 Å². The van der Waals surface area contributed by atoms with Gasteiger partial charge < -0.3 is 20.1 Å². The maximum absolute atomic E-state index is 12.3. The summed E-state index contributed by atoms with van der Waals surface area (Å²) in [6, 6.07) is 0. The van der Waals surface area contributed by atoms with Crippen molar-refractivity contribution in [3.05, 3.63) is 36.5 Å². The summed E-state index contributed by atoms with van der Waals surface area (Å²) in [5, 5.41) is 0. The first kappa shape index (κ1) is 48.7. The predicted octanol–water partition coefficient (Wildman–Crippen LogP) is 11.9. The smallest absolute Gasteiger partial charge is 0.457 e. The summed E-state index contributed by atoms with van der Waals surface area (Å²) in [5.74, 6) is -0.345. The molecule has 2 atom stereocenters. The maximum atomic E-state index is 12.3. The third-order valence-electron chi connectivity index (χ3n) is 8.56. The van der Waals surface area contributed by atoms with E-state index in [-0.39, 0.29) is 32.3 Å². The molecule has 294 valence electrons. The van der Waals surface area contributed by atoms with E-state index in [1.807, 2.05) is 0 Å². The Morgan fingerprint density at radius 1 is 0.600 bits per heavy atom. The van der Waals surface area contributed by atoms with Gasteiger partial charge in [0.05, 0.1) is 19.8 Å². The standard InChI is InChI=1S/C41H78NO7P/c1-3-5-7-9-10-11-12-13-14-15-16-17-18-19-20-21-22-23-24-25-26-27-28-29-31-33-36-46-38-40(39-48-50(44,45)47-37-35-42)49-41(43)34-32-30-8-6-4-2/h12-13,15-16,18-19,40H,3-11,14,17,20-39,42H2,1-2H3,(H,44,45)/b13-12-,16-15-,19-18-. The van der Waals surface area contributed by atoms with E-state index in [2.05, 4.69) is 50.3 Å². The van der Waals surface area contributed by atoms with Crippen molar-refractivity contribution in [1.29, 1.82) is 0 Å². The molecule has 0 aromatic heterocycles. The van der Waals surface area contributed by atoms with Gasteiger partial charge in [0.1, 0.15) is 6.10 Å². The average molecular weight is 728 g/mol. The fourth-order valence-electron chi connectivity index (χ4n) is 5.53. The highest BCUT2D eigenvalue weighted by atomic mass is 31.2. The lowest BCUT2D eigenvalue weighted by Crippen LogP contribution is -2.28. The Balaban J connectivity index is 3.78. The lowest BCUT2D eigenvalue weighted by atomic mass is 10.1. The van der Waals surface area contributed by atoms with Gasteiger partial charge in [0, 0.05) is 19.6 Å². The van der Waals surface area contributed by atoms with Crippen molar-refractivity contribution in [2.75, 3.05) is 33.0 Å². The molecule has 50 heavy (non-hydrogen) atoms. The molecule has 0 aromatic rings. The number of nitrogens with two attached hydrogens (primary N) is 1. The van der Waals surface area contributed by atoms with Crippen molar-refractivity contribution in [1.82, 2.24) is 0 Å². The van der Waals surface area contributed by atoms with Crippen LogP contribution in [0.2, 0.25) is 0 Å². The molecule has 0 aromatic carbocycles. The lowest BCUT2D eigenvalue weighted by Gasteiger charge is -2.20. The van der Waals surface area contributed by atoms with Gasteiger partial charge in [-0.25, -0.2) is 4.57 Å². The highest BCUT2D eigenvalue weighted by Gasteiger charge is 2.25. The van der Waals surface area contributed by atoms with Crippen LogP contribution >= 0.6 is 7.82 Å². The number of phosphoric acid groups is 1. The quantitative estimate of drug-likeness (QED) is 0.0278. The second kappa shape index (κ2) is 38.9. The minimum Gasteiger partial charge on any atom is -0.457 e. The van der Waals surface area contributed by atoms with Crippen molar-refractivity contribution < 1.29 is 32.8 Å². The van der Waals surface area contributed by atoms with Crippen LogP contribution in [0, 0.1) is 0 Å². The van der Waals surface area contributed by atoms with Crippen molar-refractivity contribution in [3.63, 3.8) is 0 Å². The molecule has 0 aliphatic rings. The fraction of sp³-hybridized carbons (Fsp3) is 0.829. The summed E-state index contributed by atoms with van der Waals surface area (Å²) in [5.41, 5.74) is 5.33. The molecule has 0 radical (unpaired) electrons. The molecule has 0 rings (SSSR count). The molecular formula is C41H78NO7P. The predicted molar refractivity (Wildman–Crippen MR) is 210 cm³/mol. The zero-order chi connectivity index (χ0) is 36.6. The van der Waals surface area contributed by atoms with Gasteiger partial charge in [-0.05, 0) is 51.4 Å². The summed E-state index contributed by atoms with van der Waals surface area (Å²) in [7, 11) is -4.26. The molecule has 0 heterocycles. The minimum atomic E-state index is -4.26. The van der Waals surface area contributed by atoms with Crippen LogP contribution in [-0.2, 0) is 27.9 Å². The first-order valence-corrected chi connectivity index (χ1v) is 22.0. The monoisotopic (exact) mass is 728 g/mol. The van der Waals surface area contributed by atoms with Crippen molar-refractivity contribution >= 4 is 13.8 Å². The molecule has 3 N–H and O–H groups in total. The molecule has 0 saturated carbocycles. The van der Waals surface area contributed by atoms with Crippen molar-refractivity contribution in [3.8, 4) is 0 Å². The van der Waals surface area contributed by atoms with Crippen molar-refractivity contribution in [2.24, 2.45) is 5.73 Å². The zero-order valence-electron chi connectivity index (χ0n) is 32.4. The largest absolute Gasteiger partial charge is 0.472 e. The summed E-state index contributed by atoms with van der Waals surface area (Å²) >= 11 is 0. The number of allylic oxidation sites excluding steroid dienone is 6. The molecule has 0 amide bonds. The number of esters is 1. The van der Waals surface area contributed by atoms with Crippen LogP contribution < -0.4 is 5.73 Å². The highest BCUT2D eigenvalue weighted by molar-refractivity contribution is 7.47. The van der Waals surface area contributed by atoms with Crippen LogP contribution in [0.25, 0.3) is 0 Å². The van der Waals surface area contributed by atoms with Crippen LogP contribution in [0.3, 0.4) is 0 Å². The molecule has 0 aliphatic carbocycles. The Morgan fingerprint density at radius 3 is 1.58 bits per heavy atom. The Hall–Kier alpha value is -1.28. The van der Waals surface area contributed by atoms with Gasteiger partial charge in [-0.15, -0.1) is 0 Å². The van der Waals surface area contributed by atoms with Crippen LogP contribution in [0.4, 0.5) is 0 Å². The van der Waals surface area contributed by atoms with Gasteiger partial charge in [-0.2, -0.15) is 0 Å². The topological polar surface area (TPSA) is 117 Å². The molecule has 8 nitrogen and oxygen atoms in total. The first-order chi connectivity index (χ1) is 24.4. The summed E-state index contributed by atoms with van der Waals surface area (Å²) in [4.78, 5) is 22.1. The third kappa shape index (κ3) is 38.0. The van der Waals surface area contributed by atoms with Crippen LogP contribution in [0.5, 0.6) is 0 Å². The van der Waals surface area contributed by atoms with E-state index in [9.17, 15) is 14.3 Å². The van der Waals surface area contributed by atoms with Crippen LogP contribution in [-0.4, -0.2) is 49.9 Å². The summed E-state index contributed by atoms with van der Waals surface area (Å²) in [6.07, 6.45) is 43.6. The maximum Gasteiger partial charge on any atom is 0.472 e. The number of unbranched alkanes of at least 4 members (excludes halogenated alkanes) is 20. The van der Waals surface area contributed by atoms with E-state index in [0.29, 0.717) is 13.0 Å².